The van der Waals surface area contributed by atoms with E-state index in [1.54, 1.807) is 13.2 Å². The molecule has 1 heterocycles. The van der Waals surface area contributed by atoms with Gasteiger partial charge in [0.1, 0.15) is 12.1 Å². The van der Waals surface area contributed by atoms with Gasteiger partial charge < -0.3 is 15.8 Å². The first-order valence-electron chi connectivity index (χ1n) is 5.00. The summed E-state index contributed by atoms with van der Waals surface area (Å²) in [6.45, 7) is 4.82. The lowest BCUT2D eigenvalue weighted by molar-refractivity contribution is 0.397. The molecule has 84 valence electrons. The quantitative estimate of drug-likeness (QED) is 0.754. The minimum absolute atomic E-state index is 0.273. The maximum absolute atomic E-state index is 5.59. The van der Waals surface area contributed by atoms with Gasteiger partial charge in [-0.15, -0.1) is 0 Å². The highest BCUT2D eigenvalue weighted by molar-refractivity contribution is 5.38. The van der Waals surface area contributed by atoms with Gasteiger partial charge in [-0.2, -0.15) is 0 Å². The van der Waals surface area contributed by atoms with Crippen LogP contribution in [0.5, 0.6) is 5.88 Å². The predicted octanol–water partition coefficient (Wildman–Crippen LogP) is 0.880. The normalized spacial score (nSPS) is 14.4. The number of nitrogens with zero attached hydrogens (tertiary/aromatic N) is 2. The van der Waals surface area contributed by atoms with Gasteiger partial charge in [-0.3, -0.25) is 0 Å². The van der Waals surface area contributed by atoms with Gasteiger partial charge in [-0.1, -0.05) is 6.92 Å². The number of rotatable bonds is 5. The molecule has 0 saturated heterocycles. The van der Waals surface area contributed by atoms with Gasteiger partial charge in [0, 0.05) is 12.1 Å². The maximum atomic E-state index is 5.59. The lowest BCUT2D eigenvalue weighted by Gasteiger charge is -2.20. The SMILES string of the molecule is COc1cc(NC(C)C(C)CN)ncn1. The third-order valence-electron chi connectivity index (χ3n) is 2.45. The zero-order valence-electron chi connectivity index (χ0n) is 9.40. The molecule has 0 bridgehead atoms. The first-order chi connectivity index (χ1) is 7.17. The molecule has 5 heteroatoms. The number of anilines is 1. The van der Waals surface area contributed by atoms with Crippen molar-refractivity contribution in [3.63, 3.8) is 0 Å². The van der Waals surface area contributed by atoms with E-state index in [0.717, 1.165) is 5.82 Å². The van der Waals surface area contributed by atoms with Crippen molar-refractivity contribution in [2.24, 2.45) is 11.7 Å². The van der Waals surface area contributed by atoms with Crippen molar-refractivity contribution in [2.45, 2.75) is 19.9 Å². The third kappa shape index (κ3) is 3.36. The largest absolute Gasteiger partial charge is 0.481 e. The van der Waals surface area contributed by atoms with E-state index in [0.29, 0.717) is 18.3 Å². The summed E-state index contributed by atoms with van der Waals surface area (Å²) in [4.78, 5) is 8.03. The molecule has 2 atom stereocenters. The highest BCUT2D eigenvalue weighted by atomic mass is 16.5. The zero-order chi connectivity index (χ0) is 11.3. The van der Waals surface area contributed by atoms with Gasteiger partial charge in [0.15, 0.2) is 0 Å². The number of hydrogen-bond donors (Lipinski definition) is 2. The molecule has 3 N–H and O–H groups in total. The second-order valence-corrected chi connectivity index (χ2v) is 3.59. The Morgan fingerprint density at radius 2 is 2.20 bits per heavy atom. The van der Waals surface area contributed by atoms with Crippen LogP contribution in [0.1, 0.15) is 13.8 Å². The second-order valence-electron chi connectivity index (χ2n) is 3.59. The van der Waals surface area contributed by atoms with E-state index >= 15 is 0 Å². The van der Waals surface area contributed by atoms with Crippen molar-refractivity contribution in [1.29, 1.82) is 0 Å². The smallest absolute Gasteiger partial charge is 0.218 e. The molecule has 2 unspecified atom stereocenters. The molecule has 0 aliphatic heterocycles. The first kappa shape index (κ1) is 11.7. The summed E-state index contributed by atoms with van der Waals surface area (Å²) >= 11 is 0. The van der Waals surface area contributed by atoms with Crippen LogP contribution in [-0.2, 0) is 0 Å². The molecule has 0 saturated carbocycles. The van der Waals surface area contributed by atoms with Crippen molar-refractivity contribution in [2.75, 3.05) is 19.0 Å². The first-order valence-corrected chi connectivity index (χ1v) is 5.00. The second kappa shape index (κ2) is 5.50. The average molecular weight is 210 g/mol. The van der Waals surface area contributed by atoms with Crippen molar-refractivity contribution < 1.29 is 4.74 Å². The van der Waals surface area contributed by atoms with Crippen LogP contribution in [0.4, 0.5) is 5.82 Å². The lowest BCUT2D eigenvalue weighted by Crippen LogP contribution is -2.29. The van der Waals surface area contributed by atoms with Crippen LogP contribution < -0.4 is 15.8 Å². The van der Waals surface area contributed by atoms with Crippen LogP contribution in [0, 0.1) is 5.92 Å². The van der Waals surface area contributed by atoms with Gasteiger partial charge in [-0.05, 0) is 19.4 Å². The van der Waals surface area contributed by atoms with Crippen LogP contribution in [0.2, 0.25) is 0 Å². The minimum atomic E-state index is 0.273. The van der Waals surface area contributed by atoms with E-state index in [1.165, 1.54) is 6.33 Å². The number of nitrogens with one attached hydrogen (secondary N) is 1. The van der Waals surface area contributed by atoms with E-state index in [1.807, 2.05) is 0 Å². The summed E-state index contributed by atoms with van der Waals surface area (Å²) in [7, 11) is 1.58. The summed E-state index contributed by atoms with van der Waals surface area (Å²) < 4.78 is 5.01. The van der Waals surface area contributed by atoms with Crippen molar-refractivity contribution in [1.82, 2.24) is 9.97 Å². The molecular weight excluding hydrogens is 192 g/mol. The number of hydrogen-bond acceptors (Lipinski definition) is 5. The molecule has 0 aliphatic rings. The molecule has 0 amide bonds. The number of aromatic nitrogens is 2. The topological polar surface area (TPSA) is 73.1 Å². The number of methoxy groups -OCH3 is 1. The lowest BCUT2D eigenvalue weighted by atomic mass is 10.0. The molecule has 5 nitrogen and oxygen atoms in total. The Morgan fingerprint density at radius 1 is 1.47 bits per heavy atom. The Balaban J connectivity index is 2.63. The van der Waals surface area contributed by atoms with Crippen molar-refractivity contribution in [3.05, 3.63) is 12.4 Å². The summed E-state index contributed by atoms with van der Waals surface area (Å²) in [5, 5.41) is 3.26. The number of ether oxygens (including phenoxy) is 1. The van der Waals surface area contributed by atoms with E-state index in [2.05, 4.69) is 29.1 Å². The summed E-state index contributed by atoms with van der Waals surface area (Å²) in [5.41, 5.74) is 5.59. The molecule has 15 heavy (non-hydrogen) atoms. The van der Waals surface area contributed by atoms with Crippen LogP contribution >= 0.6 is 0 Å². The van der Waals surface area contributed by atoms with Gasteiger partial charge in [0.05, 0.1) is 7.11 Å². The van der Waals surface area contributed by atoms with Crippen LogP contribution in [-0.4, -0.2) is 29.7 Å². The molecule has 0 fully saturated rings. The summed E-state index contributed by atoms with van der Waals surface area (Å²) in [5.74, 6) is 1.71. The molecule has 0 aromatic carbocycles. The van der Waals surface area contributed by atoms with Crippen molar-refractivity contribution in [3.8, 4) is 5.88 Å². The summed E-state index contributed by atoms with van der Waals surface area (Å²) in [6.07, 6.45) is 1.47. The fourth-order valence-corrected chi connectivity index (χ4v) is 1.11. The predicted molar refractivity (Wildman–Crippen MR) is 59.9 cm³/mol. The van der Waals surface area contributed by atoms with E-state index in [-0.39, 0.29) is 6.04 Å². The van der Waals surface area contributed by atoms with Gasteiger partial charge in [0.25, 0.3) is 0 Å². The molecule has 0 spiro atoms. The zero-order valence-corrected chi connectivity index (χ0v) is 9.40. The van der Waals surface area contributed by atoms with Crippen LogP contribution in [0.15, 0.2) is 12.4 Å². The molecule has 1 rings (SSSR count). The van der Waals surface area contributed by atoms with Gasteiger partial charge in [0.2, 0.25) is 5.88 Å². The molecule has 1 aromatic rings. The Labute approximate surface area is 90.1 Å². The average Bonchev–Trinajstić information content (AvgIpc) is 2.28. The fourth-order valence-electron chi connectivity index (χ4n) is 1.11. The highest BCUT2D eigenvalue weighted by Crippen LogP contribution is 2.13. The van der Waals surface area contributed by atoms with Crippen LogP contribution in [0.3, 0.4) is 0 Å². The Hall–Kier alpha value is -1.36. The minimum Gasteiger partial charge on any atom is -0.481 e. The van der Waals surface area contributed by atoms with Gasteiger partial charge in [-0.25, -0.2) is 9.97 Å². The molecular formula is C10H18N4O. The van der Waals surface area contributed by atoms with E-state index in [4.69, 9.17) is 10.5 Å². The van der Waals surface area contributed by atoms with Crippen LogP contribution in [0.25, 0.3) is 0 Å². The third-order valence-corrected chi connectivity index (χ3v) is 2.45. The fraction of sp³-hybridized carbons (Fsp3) is 0.600. The van der Waals surface area contributed by atoms with Gasteiger partial charge >= 0.3 is 0 Å². The summed E-state index contributed by atoms with van der Waals surface area (Å²) in [6, 6.07) is 2.04. The van der Waals surface area contributed by atoms with E-state index in [9.17, 15) is 0 Å². The van der Waals surface area contributed by atoms with E-state index < -0.39 is 0 Å². The monoisotopic (exact) mass is 210 g/mol. The Kier molecular flexibility index (Phi) is 4.30. The van der Waals surface area contributed by atoms with Crippen molar-refractivity contribution >= 4 is 5.82 Å². The maximum Gasteiger partial charge on any atom is 0.218 e. The molecule has 1 aromatic heterocycles. The Bertz CT molecular complexity index is 305. The highest BCUT2D eigenvalue weighted by Gasteiger charge is 2.10. The molecule has 0 radical (unpaired) electrons. The standard InChI is InChI=1S/C10H18N4O/c1-7(5-11)8(2)14-9-4-10(15-3)13-6-12-9/h4,6-8H,5,11H2,1-3H3,(H,12,13,14). The Morgan fingerprint density at radius 3 is 2.80 bits per heavy atom. The molecule has 0 aliphatic carbocycles. The number of nitrogens with two attached hydrogens (primary N) is 1.